The standard InChI is InChI=1S/C29H35N5O6/c30-28(31)34(29(38)40-18-19-7-2-1-3-8-19)24(13-12-21(17-35)33-27(37)23-11-6-15-32-23)25(36)26-22-10-5-4-9-20(22)14-16-39-26/h1-5,7-10,17,21,23-24,26,32H,6,11-16,18H2,(H3,30,31)(H,33,37)/t21-,23-,24?,26?/m0/s1. The molecule has 2 aromatic carbocycles. The van der Waals surface area contributed by atoms with Gasteiger partial charge in [0.05, 0.1) is 18.7 Å². The highest BCUT2D eigenvalue weighted by atomic mass is 16.6. The van der Waals surface area contributed by atoms with Crippen molar-refractivity contribution >= 4 is 30.0 Å². The number of aldehydes is 1. The Hall–Kier alpha value is -4.09. The van der Waals surface area contributed by atoms with Gasteiger partial charge in [0.2, 0.25) is 5.91 Å². The third-order valence-electron chi connectivity index (χ3n) is 7.17. The molecule has 1 saturated heterocycles. The third-order valence-corrected chi connectivity index (χ3v) is 7.17. The van der Waals surface area contributed by atoms with Gasteiger partial charge in [-0.3, -0.25) is 15.0 Å². The summed E-state index contributed by atoms with van der Waals surface area (Å²) in [6.07, 6.45) is 0.766. The number of carbonyl (C=O) groups is 4. The number of benzene rings is 2. The molecule has 2 unspecified atom stereocenters. The maximum Gasteiger partial charge on any atom is 0.417 e. The summed E-state index contributed by atoms with van der Waals surface area (Å²) in [5.74, 6) is -1.47. The first-order valence-electron chi connectivity index (χ1n) is 13.4. The molecule has 2 aliphatic rings. The van der Waals surface area contributed by atoms with Crippen LogP contribution in [0.3, 0.4) is 0 Å². The maximum absolute atomic E-state index is 14.0. The van der Waals surface area contributed by atoms with Crippen molar-refractivity contribution in [3.63, 3.8) is 0 Å². The molecular weight excluding hydrogens is 514 g/mol. The average molecular weight is 550 g/mol. The lowest BCUT2D eigenvalue weighted by Crippen LogP contribution is -2.54. The zero-order chi connectivity index (χ0) is 28.5. The summed E-state index contributed by atoms with van der Waals surface area (Å²) in [7, 11) is 0. The number of carbonyl (C=O) groups excluding carboxylic acids is 4. The number of rotatable bonds is 11. The second kappa shape index (κ2) is 13.8. The number of fused-ring (bicyclic) bond motifs is 1. The van der Waals surface area contributed by atoms with Crippen LogP contribution in [0.1, 0.15) is 48.5 Å². The third kappa shape index (κ3) is 7.10. The number of nitrogens with two attached hydrogens (primary N) is 1. The zero-order valence-corrected chi connectivity index (χ0v) is 22.2. The van der Waals surface area contributed by atoms with Crippen molar-refractivity contribution in [2.45, 2.75) is 62.9 Å². The van der Waals surface area contributed by atoms with Gasteiger partial charge in [-0.2, -0.15) is 0 Å². The lowest BCUT2D eigenvalue weighted by Gasteiger charge is -2.33. The van der Waals surface area contributed by atoms with Gasteiger partial charge in [-0.15, -0.1) is 0 Å². The van der Waals surface area contributed by atoms with Crippen molar-refractivity contribution in [2.75, 3.05) is 13.2 Å². The molecule has 0 radical (unpaired) electrons. The Kier molecular flexibility index (Phi) is 9.98. The molecule has 2 heterocycles. The molecule has 40 heavy (non-hydrogen) atoms. The van der Waals surface area contributed by atoms with E-state index in [2.05, 4.69) is 10.6 Å². The molecule has 212 valence electrons. The molecular formula is C29H35N5O6. The highest BCUT2D eigenvalue weighted by molar-refractivity contribution is 6.00. The number of hydrogen-bond acceptors (Lipinski definition) is 8. The van der Waals surface area contributed by atoms with Crippen molar-refractivity contribution in [1.82, 2.24) is 15.5 Å². The van der Waals surface area contributed by atoms with Crippen LogP contribution < -0.4 is 16.4 Å². The molecule has 2 aliphatic heterocycles. The van der Waals surface area contributed by atoms with E-state index in [4.69, 9.17) is 20.6 Å². The fourth-order valence-electron chi connectivity index (χ4n) is 5.09. The summed E-state index contributed by atoms with van der Waals surface area (Å²) in [6, 6.07) is 13.8. The largest absolute Gasteiger partial charge is 0.444 e. The summed E-state index contributed by atoms with van der Waals surface area (Å²) >= 11 is 0. The minimum absolute atomic E-state index is 0.0302. The topological polar surface area (TPSA) is 164 Å². The van der Waals surface area contributed by atoms with E-state index in [1.54, 1.807) is 36.4 Å². The first-order chi connectivity index (χ1) is 19.4. The quantitative estimate of drug-likeness (QED) is 0.188. The molecule has 2 amide bonds. The summed E-state index contributed by atoms with van der Waals surface area (Å²) in [5, 5.41) is 14.0. The number of hydrogen-bond donors (Lipinski definition) is 4. The number of ether oxygens (including phenoxy) is 2. The van der Waals surface area contributed by atoms with Crippen LogP contribution in [0.4, 0.5) is 4.79 Å². The molecule has 0 aliphatic carbocycles. The summed E-state index contributed by atoms with van der Waals surface area (Å²) < 4.78 is 11.3. The van der Waals surface area contributed by atoms with E-state index in [0.717, 1.165) is 29.0 Å². The lowest BCUT2D eigenvalue weighted by atomic mass is 9.90. The Balaban J connectivity index is 1.56. The van der Waals surface area contributed by atoms with Crippen LogP contribution in [0, 0.1) is 5.41 Å². The normalized spacial score (nSPS) is 19.5. The van der Waals surface area contributed by atoms with Crippen LogP contribution in [0.25, 0.3) is 0 Å². The van der Waals surface area contributed by atoms with Gasteiger partial charge in [-0.1, -0.05) is 54.6 Å². The molecule has 0 saturated carbocycles. The van der Waals surface area contributed by atoms with Crippen LogP contribution in [-0.2, 0) is 36.9 Å². The lowest BCUT2D eigenvalue weighted by molar-refractivity contribution is -0.136. The van der Waals surface area contributed by atoms with Gasteiger partial charge in [-0.25, -0.2) is 9.69 Å². The molecule has 11 heteroatoms. The van der Waals surface area contributed by atoms with Crippen LogP contribution in [0.2, 0.25) is 0 Å². The van der Waals surface area contributed by atoms with Crippen molar-refractivity contribution in [3.05, 3.63) is 71.3 Å². The van der Waals surface area contributed by atoms with Gasteiger partial charge in [0.15, 0.2) is 11.7 Å². The summed E-state index contributed by atoms with van der Waals surface area (Å²) in [4.78, 5) is 52.5. The van der Waals surface area contributed by atoms with E-state index in [1.807, 2.05) is 18.2 Å². The number of nitrogens with zero attached hydrogens (tertiary/aromatic N) is 1. The Bertz CT molecular complexity index is 1220. The molecule has 4 atom stereocenters. The number of ketones is 1. The predicted octanol–water partition coefficient (Wildman–Crippen LogP) is 1.99. The Morgan fingerprint density at radius 2 is 1.90 bits per heavy atom. The van der Waals surface area contributed by atoms with Crippen LogP contribution >= 0.6 is 0 Å². The van der Waals surface area contributed by atoms with Crippen LogP contribution in [-0.4, -0.2) is 66.2 Å². The second-order valence-corrected chi connectivity index (χ2v) is 9.89. The van der Waals surface area contributed by atoms with Crippen LogP contribution in [0.15, 0.2) is 54.6 Å². The van der Waals surface area contributed by atoms with E-state index < -0.39 is 36.0 Å². The molecule has 4 rings (SSSR count). The van der Waals surface area contributed by atoms with E-state index in [1.165, 1.54) is 0 Å². The Morgan fingerprint density at radius 3 is 2.60 bits per heavy atom. The Labute approximate surface area is 232 Å². The SMILES string of the molecule is N=C(N)N(C(=O)OCc1ccccc1)C(CC[C@@H](C=O)NC(=O)[C@@H]1CCCN1)C(=O)C1OCCc2ccccc21. The molecule has 2 aromatic rings. The van der Waals surface area contributed by atoms with Crippen molar-refractivity contribution < 1.29 is 28.7 Å². The van der Waals surface area contributed by atoms with Gasteiger partial charge in [-0.05, 0) is 55.3 Å². The van der Waals surface area contributed by atoms with E-state index in [9.17, 15) is 19.2 Å². The highest BCUT2D eigenvalue weighted by Gasteiger charge is 2.40. The summed E-state index contributed by atoms with van der Waals surface area (Å²) in [6.45, 7) is 0.941. The van der Waals surface area contributed by atoms with Crippen LogP contribution in [0.5, 0.6) is 0 Å². The predicted molar refractivity (Wildman–Crippen MR) is 146 cm³/mol. The molecule has 5 N–H and O–H groups in total. The van der Waals surface area contributed by atoms with Gasteiger partial charge in [0, 0.05) is 0 Å². The van der Waals surface area contributed by atoms with Crippen molar-refractivity contribution in [3.8, 4) is 0 Å². The summed E-state index contributed by atoms with van der Waals surface area (Å²) in [5.41, 5.74) is 8.19. The van der Waals surface area contributed by atoms with Gasteiger partial charge in [0.1, 0.15) is 25.0 Å². The van der Waals surface area contributed by atoms with Gasteiger partial charge >= 0.3 is 6.09 Å². The monoisotopic (exact) mass is 549 g/mol. The van der Waals surface area contributed by atoms with Crippen molar-refractivity contribution in [2.24, 2.45) is 5.73 Å². The molecule has 0 aromatic heterocycles. The number of Topliss-reactive ketones (excluding diaryl/α,β-unsaturated/α-hetero) is 1. The molecule has 0 spiro atoms. The smallest absolute Gasteiger partial charge is 0.417 e. The average Bonchev–Trinajstić information content (AvgIpc) is 3.52. The molecule has 0 bridgehead atoms. The highest BCUT2D eigenvalue weighted by Crippen LogP contribution is 2.31. The first kappa shape index (κ1) is 28.9. The second-order valence-electron chi connectivity index (χ2n) is 9.89. The number of amides is 2. The van der Waals surface area contributed by atoms with E-state index >= 15 is 0 Å². The fourth-order valence-corrected chi connectivity index (χ4v) is 5.09. The first-order valence-corrected chi connectivity index (χ1v) is 13.4. The van der Waals surface area contributed by atoms with E-state index in [-0.39, 0.29) is 31.4 Å². The van der Waals surface area contributed by atoms with Gasteiger partial charge < -0.3 is 30.6 Å². The number of guanidine groups is 1. The Morgan fingerprint density at radius 1 is 1.15 bits per heavy atom. The molecule has 11 nitrogen and oxygen atoms in total. The van der Waals surface area contributed by atoms with E-state index in [0.29, 0.717) is 31.3 Å². The van der Waals surface area contributed by atoms with Gasteiger partial charge in [0.25, 0.3) is 0 Å². The minimum atomic E-state index is -1.28. The maximum atomic E-state index is 14.0. The molecule has 1 fully saturated rings. The minimum Gasteiger partial charge on any atom is -0.444 e. The fraction of sp³-hybridized carbons (Fsp3) is 0.414. The number of nitrogens with one attached hydrogen (secondary N) is 3. The van der Waals surface area contributed by atoms with Crippen molar-refractivity contribution in [1.29, 1.82) is 5.41 Å². The zero-order valence-electron chi connectivity index (χ0n) is 22.2.